The number of nitrogens with zero attached hydrogens (tertiary/aromatic N) is 2. The minimum Gasteiger partial charge on any atom is -0.306 e. The molecule has 1 aromatic rings. The first-order chi connectivity index (χ1) is 8.26. The molecule has 0 bridgehead atoms. The number of amides is 2. The zero-order valence-corrected chi connectivity index (χ0v) is 8.77. The van der Waals surface area contributed by atoms with Gasteiger partial charge in [0.05, 0.1) is 6.21 Å². The first kappa shape index (κ1) is 12.0. The second-order valence-corrected chi connectivity index (χ2v) is 2.79. The summed E-state index contributed by atoms with van der Waals surface area (Å²) in [6.07, 6.45) is 5.99. The number of hydrogen-bond donors (Lipinski definition) is 1. The molecule has 0 saturated heterocycles. The average molecular weight is 221 g/mol. The van der Waals surface area contributed by atoms with Crippen molar-refractivity contribution in [3.63, 3.8) is 0 Å². The summed E-state index contributed by atoms with van der Waals surface area (Å²) < 4.78 is 0. The minimum atomic E-state index is -0.543. The van der Waals surface area contributed by atoms with Gasteiger partial charge in [0.1, 0.15) is 0 Å². The van der Waals surface area contributed by atoms with Gasteiger partial charge in [-0.2, -0.15) is 10.3 Å². The number of anilines is 1. The number of nitriles is 1. The van der Waals surface area contributed by atoms with E-state index in [1.165, 1.54) is 0 Å². The van der Waals surface area contributed by atoms with E-state index >= 15 is 0 Å². The number of benzene rings is 1. The molecule has 0 saturated carbocycles. The quantitative estimate of drug-likeness (QED) is 0.580. The van der Waals surface area contributed by atoms with Gasteiger partial charge in [-0.25, -0.2) is 4.79 Å². The Morgan fingerprint density at radius 1 is 1.41 bits per heavy atom. The molecule has 0 unspecified atom stereocenters. The van der Waals surface area contributed by atoms with E-state index in [4.69, 9.17) is 11.7 Å². The van der Waals surface area contributed by atoms with E-state index in [1.807, 2.05) is 0 Å². The van der Waals surface area contributed by atoms with Crippen LogP contribution in [0.4, 0.5) is 10.5 Å². The monoisotopic (exact) mass is 221 g/mol. The summed E-state index contributed by atoms with van der Waals surface area (Å²) >= 11 is 0. The highest BCUT2D eigenvalue weighted by Gasteiger charge is 1.97. The van der Waals surface area contributed by atoms with E-state index in [1.54, 1.807) is 30.3 Å². The van der Waals surface area contributed by atoms with E-state index in [2.05, 4.69) is 28.1 Å². The summed E-state index contributed by atoms with van der Waals surface area (Å²) in [4.78, 5) is 14.6. The molecule has 0 fully saturated rings. The summed E-state index contributed by atoms with van der Waals surface area (Å²) in [5.74, 6) is 7.02. The molecule has 4 heteroatoms. The lowest BCUT2D eigenvalue weighted by Gasteiger charge is -2.00. The third kappa shape index (κ3) is 4.34. The maximum atomic E-state index is 11.2. The lowest BCUT2D eigenvalue weighted by molar-refractivity contribution is 0.259. The molecule has 80 valence electrons. The first-order valence-corrected chi connectivity index (χ1v) is 4.56. The molecule has 4 nitrogen and oxygen atoms in total. The largest absolute Gasteiger partial charge is 0.345 e. The van der Waals surface area contributed by atoms with Gasteiger partial charge in [0.2, 0.25) is 0 Å². The van der Waals surface area contributed by atoms with Crippen molar-refractivity contribution in [2.45, 2.75) is 0 Å². The Morgan fingerprint density at radius 2 is 2.12 bits per heavy atom. The zero-order valence-electron chi connectivity index (χ0n) is 8.77. The van der Waals surface area contributed by atoms with Gasteiger partial charge in [-0.05, 0) is 24.3 Å². The molecule has 0 aliphatic heterocycles. The van der Waals surface area contributed by atoms with Crippen LogP contribution < -0.4 is 5.32 Å². The molecule has 0 aliphatic carbocycles. The smallest absolute Gasteiger partial charge is 0.306 e. The Labute approximate surface area is 99.0 Å². The number of carbonyl (C=O) groups is 1. The van der Waals surface area contributed by atoms with Crippen molar-refractivity contribution in [3.8, 4) is 30.3 Å². The fraction of sp³-hybridized carbons (Fsp3) is 0. The molecule has 0 radical (unpaired) electrons. The highest BCUT2D eigenvalue weighted by atomic mass is 16.2. The van der Waals surface area contributed by atoms with Crippen molar-refractivity contribution in [1.29, 1.82) is 5.26 Å². The van der Waals surface area contributed by atoms with Crippen LogP contribution >= 0.6 is 0 Å². The van der Waals surface area contributed by atoms with Crippen molar-refractivity contribution in [2.24, 2.45) is 4.99 Å². The predicted molar refractivity (Wildman–Crippen MR) is 65.3 cm³/mol. The zero-order chi connectivity index (χ0) is 12.5. The van der Waals surface area contributed by atoms with Crippen molar-refractivity contribution in [3.05, 3.63) is 29.8 Å². The molecule has 1 rings (SSSR count). The minimum absolute atomic E-state index is 0.543. The second kappa shape index (κ2) is 6.45. The van der Waals surface area contributed by atoms with Crippen LogP contribution in [0.15, 0.2) is 29.3 Å². The van der Waals surface area contributed by atoms with Crippen molar-refractivity contribution >= 4 is 17.9 Å². The highest BCUT2D eigenvalue weighted by molar-refractivity contribution is 5.97. The second-order valence-electron chi connectivity index (χ2n) is 2.79. The fourth-order valence-corrected chi connectivity index (χ4v) is 0.989. The number of hydrogen-bond acceptors (Lipinski definition) is 2. The van der Waals surface area contributed by atoms with Crippen LogP contribution in [0.3, 0.4) is 0 Å². The van der Waals surface area contributed by atoms with E-state index in [0.717, 1.165) is 6.21 Å². The Hall–Kier alpha value is -3.03. The maximum Gasteiger partial charge on any atom is 0.345 e. The molecule has 0 aromatic heterocycles. The van der Waals surface area contributed by atoms with Gasteiger partial charge in [-0.15, -0.1) is 6.42 Å². The van der Waals surface area contributed by atoms with E-state index in [-0.39, 0.29) is 0 Å². The van der Waals surface area contributed by atoms with Gasteiger partial charge in [0.15, 0.2) is 6.07 Å². The Bertz CT molecular complexity index is 574. The van der Waals surface area contributed by atoms with Crippen LogP contribution in [0, 0.1) is 35.5 Å². The standard InChI is InChI=1S/C13H7N3O/c1-2-10-15-13(17)16-12-7-5-11(6-8-12)4-3-9-14/h1,5-8,10H,(H,16,17). The SMILES string of the molecule is C#CC=NC(=O)Nc1ccc(C#CC#N)cc1. The average Bonchev–Trinajstić information content (AvgIpc) is 2.35. The molecule has 1 N–H and O–H groups in total. The van der Waals surface area contributed by atoms with Gasteiger partial charge < -0.3 is 5.32 Å². The molecule has 2 amide bonds. The van der Waals surface area contributed by atoms with Gasteiger partial charge >= 0.3 is 6.03 Å². The molecule has 1 aromatic carbocycles. The third-order valence-corrected chi connectivity index (χ3v) is 1.66. The number of terminal acetylenes is 1. The summed E-state index contributed by atoms with van der Waals surface area (Å²) in [6.45, 7) is 0. The molecule has 17 heavy (non-hydrogen) atoms. The lowest BCUT2D eigenvalue weighted by Crippen LogP contribution is -2.05. The predicted octanol–water partition coefficient (Wildman–Crippen LogP) is 1.80. The Morgan fingerprint density at radius 3 is 2.71 bits per heavy atom. The third-order valence-electron chi connectivity index (χ3n) is 1.66. The lowest BCUT2D eigenvalue weighted by atomic mass is 10.2. The van der Waals surface area contributed by atoms with Gasteiger partial charge in [0.25, 0.3) is 0 Å². The number of nitrogens with one attached hydrogen (secondary N) is 1. The summed E-state index contributed by atoms with van der Waals surface area (Å²) in [5.41, 5.74) is 1.27. The van der Waals surface area contributed by atoms with E-state index in [0.29, 0.717) is 11.3 Å². The van der Waals surface area contributed by atoms with Crippen LogP contribution in [0.25, 0.3) is 0 Å². The molecule has 0 aliphatic rings. The van der Waals surface area contributed by atoms with Crippen LogP contribution in [-0.4, -0.2) is 12.2 Å². The van der Waals surface area contributed by atoms with Crippen molar-refractivity contribution < 1.29 is 4.79 Å². The van der Waals surface area contributed by atoms with Crippen LogP contribution in [0.2, 0.25) is 0 Å². The van der Waals surface area contributed by atoms with Gasteiger partial charge in [-0.1, -0.05) is 11.8 Å². The molecular formula is C13H7N3O. The molecular weight excluding hydrogens is 214 g/mol. The number of urea groups is 1. The Kier molecular flexibility index (Phi) is 4.57. The van der Waals surface area contributed by atoms with Crippen molar-refractivity contribution in [1.82, 2.24) is 0 Å². The van der Waals surface area contributed by atoms with E-state index in [9.17, 15) is 4.79 Å². The highest BCUT2D eigenvalue weighted by Crippen LogP contribution is 2.08. The fourth-order valence-electron chi connectivity index (χ4n) is 0.989. The number of aliphatic imine (C=N–C) groups is 1. The maximum absolute atomic E-state index is 11.2. The summed E-state index contributed by atoms with van der Waals surface area (Å²) in [7, 11) is 0. The van der Waals surface area contributed by atoms with Gasteiger partial charge in [0, 0.05) is 17.2 Å². The van der Waals surface area contributed by atoms with Gasteiger partial charge in [-0.3, -0.25) is 0 Å². The van der Waals surface area contributed by atoms with Crippen LogP contribution in [0.5, 0.6) is 0 Å². The molecule has 0 heterocycles. The summed E-state index contributed by atoms with van der Waals surface area (Å²) in [5, 5.41) is 10.8. The number of rotatable bonds is 1. The summed E-state index contributed by atoms with van der Waals surface area (Å²) in [6, 6.07) is 7.86. The van der Waals surface area contributed by atoms with E-state index < -0.39 is 6.03 Å². The first-order valence-electron chi connectivity index (χ1n) is 4.56. The van der Waals surface area contributed by atoms with Crippen molar-refractivity contribution in [2.75, 3.05) is 5.32 Å². The molecule has 0 spiro atoms. The number of carbonyl (C=O) groups excluding carboxylic acids is 1. The normalized spacial score (nSPS) is 8.59. The Balaban J connectivity index is 2.70. The molecule has 0 atom stereocenters. The van der Waals surface area contributed by atoms with Crippen LogP contribution in [-0.2, 0) is 0 Å². The van der Waals surface area contributed by atoms with Crippen LogP contribution in [0.1, 0.15) is 5.56 Å². The topological polar surface area (TPSA) is 65.2 Å².